The quantitative estimate of drug-likeness (QED) is 0.698. The van der Waals surface area contributed by atoms with Crippen LogP contribution in [-0.4, -0.2) is 29.1 Å². The molecule has 3 rings (SSSR count). The van der Waals surface area contributed by atoms with Crippen LogP contribution in [-0.2, 0) is 9.59 Å². The van der Waals surface area contributed by atoms with Crippen molar-refractivity contribution in [2.24, 2.45) is 0 Å². The third-order valence-electron chi connectivity index (χ3n) is 4.12. The fourth-order valence-electron chi connectivity index (χ4n) is 2.90. The molecule has 0 bridgehead atoms. The normalized spacial score (nSPS) is 14.8. The summed E-state index contributed by atoms with van der Waals surface area (Å²) in [6, 6.07) is 10.9. The molecule has 0 aliphatic carbocycles. The van der Waals surface area contributed by atoms with Crippen LogP contribution >= 0.6 is 11.6 Å². The van der Waals surface area contributed by atoms with E-state index >= 15 is 0 Å². The van der Waals surface area contributed by atoms with Gasteiger partial charge in [-0.3, -0.25) is 14.5 Å². The first-order chi connectivity index (χ1) is 13.6. The van der Waals surface area contributed by atoms with Gasteiger partial charge in [-0.1, -0.05) is 23.7 Å². The Labute approximate surface area is 169 Å². The number of carbonyl (C=O) groups excluding carboxylic acids is 2. The molecule has 0 unspecified atom stereocenters. The molecule has 0 saturated heterocycles. The summed E-state index contributed by atoms with van der Waals surface area (Å²) in [5, 5.41) is 3.33. The maximum Gasteiger partial charge on any atom is 0.573 e. The lowest BCUT2D eigenvalue weighted by Crippen LogP contribution is -2.38. The summed E-state index contributed by atoms with van der Waals surface area (Å²) in [5.74, 6) is -1.38. The van der Waals surface area contributed by atoms with Crippen LogP contribution in [0.1, 0.15) is 19.4 Å². The minimum atomic E-state index is -4.80. The summed E-state index contributed by atoms with van der Waals surface area (Å²) in [5.41, 5.74) is 1.02. The number of imide groups is 1. The smallest absolute Gasteiger partial charge is 0.406 e. The zero-order valence-corrected chi connectivity index (χ0v) is 16.1. The van der Waals surface area contributed by atoms with Gasteiger partial charge in [-0.05, 0) is 55.8 Å². The minimum absolute atomic E-state index is 0.0375. The fraction of sp³-hybridized carbons (Fsp3) is 0.200. The molecular weight excluding hydrogens is 409 g/mol. The third kappa shape index (κ3) is 4.54. The predicted molar refractivity (Wildman–Crippen MR) is 102 cm³/mol. The van der Waals surface area contributed by atoms with E-state index in [1.807, 2.05) is 0 Å². The molecule has 1 aliphatic rings. The number of hydrogen-bond acceptors (Lipinski definition) is 4. The Morgan fingerprint density at radius 1 is 0.966 bits per heavy atom. The molecule has 0 radical (unpaired) electrons. The molecule has 1 aliphatic heterocycles. The summed E-state index contributed by atoms with van der Waals surface area (Å²) < 4.78 is 40.8. The van der Waals surface area contributed by atoms with Crippen LogP contribution in [0.5, 0.6) is 5.75 Å². The average Bonchev–Trinajstić information content (AvgIpc) is 2.86. The molecule has 0 spiro atoms. The second-order valence-corrected chi connectivity index (χ2v) is 6.96. The number of alkyl halides is 3. The second kappa shape index (κ2) is 7.79. The highest BCUT2D eigenvalue weighted by molar-refractivity contribution is 6.37. The van der Waals surface area contributed by atoms with Crippen molar-refractivity contribution in [2.45, 2.75) is 26.3 Å². The maximum atomic E-state index is 12.9. The molecule has 1 N–H and O–H groups in total. The number of halogens is 4. The Morgan fingerprint density at radius 3 is 2.07 bits per heavy atom. The van der Waals surface area contributed by atoms with Gasteiger partial charge in [-0.25, -0.2) is 0 Å². The maximum absolute atomic E-state index is 12.9. The van der Waals surface area contributed by atoms with Gasteiger partial charge in [-0.15, -0.1) is 13.2 Å². The van der Waals surface area contributed by atoms with Crippen molar-refractivity contribution in [3.63, 3.8) is 0 Å². The third-order valence-corrected chi connectivity index (χ3v) is 4.37. The van der Waals surface area contributed by atoms with Gasteiger partial charge in [0.2, 0.25) is 0 Å². The molecule has 2 amide bonds. The predicted octanol–water partition coefficient (Wildman–Crippen LogP) is 4.84. The van der Waals surface area contributed by atoms with Crippen LogP contribution in [0.15, 0.2) is 54.2 Å². The lowest BCUT2D eigenvalue weighted by molar-refractivity contribution is -0.274. The number of carbonyl (C=O) groups is 2. The van der Waals surface area contributed by atoms with Gasteiger partial charge in [0.25, 0.3) is 11.8 Å². The van der Waals surface area contributed by atoms with Crippen molar-refractivity contribution in [1.82, 2.24) is 4.90 Å². The zero-order valence-electron chi connectivity index (χ0n) is 15.4. The summed E-state index contributed by atoms with van der Waals surface area (Å²) in [4.78, 5) is 26.9. The van der Waals surface area contributed by atoms with Crippen molar-refractivity contribution in [1.29, 1.82) is 0 Å². The highest BCUT2D eigenvalue weighted by Crippen LogP contribution is 2.33. The van der Waals surface area contributed by atoms with Crippen molar-refractivity contribution >= 4 is 34.7 Å². The second-order valence-electron chi connectivity index (χ2n) is 6.53. The Morgan fingerprint density at radius 2 is 1.55 bits per heavy atom. The molecule has 9 heteroatoms. The van der Waals surface area contributed by atoms with Crippen LogP contribution in [0, 0.1) is 0 Å². The highest BCUT2D eigenvalue weighted by Gasteiger charge is 2.40. The number of amides is 2. The van der Waals surface area contributed by atoms with Crippen LogP contribution in [0.2, 0.25) is 5.02 Å². The topological polar surface area (TPSA) is 58.6 Å². The Bertz CT molecular complexity index is 968. The minimum Gasteiger partial charge on any atom is -0.406 e. The fourth-order valence-corrected chi connectivity index (χ4v) is 3.03. The molecule has 2 aromatic carbocycles. The number of rotatable bonds is 5. The number of nitrogens with zero attached hydrogens (tertiary/aromatic N) is 1. The molecule has 2 aromatic rings. The standard InChI is InChI=1S/C20H16ClF3N2O3/c1-11(2)26-18(27)16(12-3-5-13(21)6-4-12)17(19(26)28)25-14-7-9-15(10-8-14)29-20(22,23)24/h3-11,25H,1-2H3. The number of anilines is 1. The Balaban J connectivity index is 1.97. The number of hydrogen-bond donors (Lipinski definition) is 1. The van der Waals surface area contributed by atoms with E-state index in [9.17, 15) is 22.8 Å². The molecule has 152 valence electrons. The first-order valence-corrected chi connectivity index (χ1v) is 8.95. The Hall–Kier alpha value is -3.00. The van der Waals surface area contributed by atoms with E-state index in [1.54, 1.807) is 38.1 Å². The number of nitrogens with one attached hydrogen (secondary N) is 1. The van der Waals surface area contributed by atoms with Crippen LogP contribution in [0.3, 0.4) is 0 Å². The lowest BCUT2D eigenvalue weighted by atomic mass is 10.0. The first-order valence-electron chi connectivity index (χ1n) is 8.58. The van der Waals surface area contributed by atoms with Gasteiger partial charge in [0, 0.05) is 16.8 Å². The van der Waals surface area contributed by atoms with E-state index in [4.69, 9.17) is 11.6 Å². The number of ether oxygens (including phenoxy) is 1. The average molecular weight is 425 g/mol. The van der Waals surface area contributed by atoms with E-state index in [1.165, 1.54) is 12.1 Å². The summed E-state index contributed by atoms with van der Waals surface area (Å²) >= 11 is 5.90. The molecule has 0 saturated carbocycles. The summed E-state index contributed by atoms with van der Waals surface area (Å²) in [6.07, 6.45) is -4.80. The van der Waals surface area contributed by atoms with Crippen molar-refractivity contribution in [2.75, 3.05) is 5.32 Å². The lowest BCUT2D eigenvalue weighted by Gasteiger charge is -2.19. The zero-order chi connectivity index (χ0) is 21.3. The molecule has 0 atom stereocenters. The van der Waals surface area contributed by atoms with Gasteiger partial charge >= 0.3 is 6.36 Å². The monoisotopic (exact) mass is 424 g/mol. The van der Waals surface area contributed by atoms with E-state index in [0.29, 0.717) is 16.3 Å². The highest BCUT2D eigenvalue weighted by atomic mass is 35.5. The van der Waals surface area contributed by atoms with Gasteiger partial charge in [0.15, 0.2) is 0 Å². The van der Waals surface area contributed by atoms with E-state index < -0.39 is 23.9 Å². The van der Waals surface area contributed by atoms with Gasteiger partial charge < -0.3 is 10.1 Å². The summed E-state index contributed by atoms with van der Waals surface area (Å²) in [7, 11) is 0. The van der Waals surface area contributed by atoms with Crippen LogP contribution < -0.4 is 10.1 Å². The SMILES string of the molecule is CC(C)N1C(=O)C(Nc2ccc(OC(F)(F)F)cc2)=C(c2ccc(Cl)cc2)C1=O. The number of benzene rings is 2. The van der Waals surface area contributed by atoms with Crippen molar-refractivity contribution in [3.8, 4) is 5.75 Å². The summed E-state index contributed by atoms with van der Waals surface area (Å²) in [6.45, 7) is 3.42. The van der Waals surface area contributed by atoms with Gasteiger partial charge in [-0.2, -0.15) is 0 Å². The van der Waals surface area contributed by atoms with E-state index in [-0.39, 0.29) is 17.3 Å². The largest absolute Gasteiger partial charge is 0.573 e. The molecule has 29 heavy (non-hydrogen) atoms. The van der Waals surface area contributed by atoms with Gasteiger partial charge in [0.1, 0.15) is 11.4 Å². The van der Waals surface area contributed by atoms with Gasteiger partial charge in [0.05, 0.1) is 5.57 Å². The molecular formula is C20H16ClF3N2O3. The molecule has 5 nitrogen and oxygen atoms in total. The van der Waals surface area contributed by atoms with E-state index in [0.717, 1.165) is 17.0 Å². The van der Waals surface area contributed by atoms with Crippen LogP contribution in [0.4, 0.5) is 18.9 Å². The van der Waals surface area contributed by atoms with E-state index in [2.05, 4.69) is 10.1 Å². The molecule has 0 fully saturated rings. The molecule has 1 heterocycles. The Kier molecular flexibility index (Phi) is 5.57. The van der Waals surface area contributed by atoms with Crippen molar-refractivity contribution < 1.29 is 27.5 Å². The van der Waals surface area contributed by atoms with Crippen LogP contribution in [0.25, 0.3) is 5.57 Å². The molecule has 0 aromatic heterocycles. The van der Waals surface area contributed by atoms with Crippen molar-refractivity contribution in [3.05, 3.63) is 64.8 Å². The first kappa shape index (κ1) is 20.7.